The Morgan fingerprint density at radius 1 is 1.42 bits per heavy atom. The van der Waals surface area contributed by atoms with Crippen molar-refractivity contribution in [3.05, 3.63) is 29.0 Å². The number of carbonyl (C=O) groups is 1. The molecule has 2 rings (SSSR count). The number of anilines is 1. The van der Waals surface area contributed by atoms with E-state index < -0.39 is 21.9 Å². The molecule has 0 aliphatic carbocycles. The molecule has 1 atom stereocenters. The Balaban J connectivity index is 2.41. The van der Waals surface area contributed by atoms with Gasteiger partial charge in [-0.05, 0) is 24.6 Å². The van der Waals surface area contributed by atoms with Crippen LogP contribution in [0, 0.1) is 5.82 Å². The quantitative estimate of drug-likeness (QED) is 0.784. The maximum Gasteiger partial charge on any atom is 0.246 e. The summed E-state index contributed by atoms with van der Waals surface area (Å²) in [5.41, 5.74) is 0.164. The first-order valence-electron chi connectivity index (χ1n) is 7.56. The second-order valence-electron chi connectivity index (χ2n) is 5.52. The third-order valence-electron chi connectivity index (χ3n) is 3.79. The summed E-state index contributed by atoms with van der Waals surface area (Å²) in [6.45, 7) is 3.40. The number of benzene rings is 1. The molecule has 0 saturated carbocycles. The second kappa shape index (κ2) is 7.67. The van der Waals surface area contributed by atoms with Crippen LogP contribution in [0.15, 0.2) is 18.2 Å². The molecule has 0 bridgehead atoms. The van der Waals surface area contributed by atoms with E-state index in [4.69, 9.17) is 16.3 Å². The van der Waals surface area contributed by atoms with Gasteiger partial charge in [0.2, 0.25) is 15.9 Å². The van der Waals surface area contributed by atoms with Crippen molar-refractivity contribution in [2.45, 2.75) is 19.4 Å². The molecule has 0 radical (unpaired) electrons. The fourth-order valence-corrected chi connectivity index (χ4v) is 4.03. The van der Waals surface area contributed by atoms with Gasteiger partial charge in [0.05, 0.1) is 30.2 Å². The van der Waals surface area contributed by atoms with Crippen molar-refractivity contribution in [2.24, 2.45) is 0 Å². The minimum absolute atomic E-state index is 0.164. The van der Waals surface area contributed by atoms with Gasteiger partial charge in [0.1, 0.15) is 11.9 Å². The van der Waals surface area contributed by atoms with Gasteiger partial charge in [-0.3, -0.25) is 9.10 Å². The van der Waals surface area contributed by atoms with Crippen LogP contribution < -0.4 is 4.31 Å². The zero-order valence-corrected chi connectivity index (χ0v) is 15.1. The van der Waals surface area contributed by atoms with Crippen molar-refractivity contribution in [2.75, 3.05) is 36.9 Å². The number of hydrogen-bond acceptors (Lipinski definition) is 4. The molecule has 1 aromatic rings. The fraction of sp³-hybridized carbons (Fsp3) is 0.533. The predicted molar refractivity (Wildman–Crippen MR) is 90.2 cm³/mol. The molecule has 0 N–H and O–H groups in total. The van der Waals surface area contributed by atoms with Crippen LogP contribution in [-0.4, -0.2) is 57.8 Å². The van der Waals surface area contributed by atoms with E-state index in [1.165, 1.54) is 12.1 Å². The van der Waals surface area contributed by atoms with E-state index in [-0.39, 0.29) is 23.0 Å². The average molecular weight is 379 g/mol. The molecule has 6 nitrogen and oxygen atoms in total. The summed E-state index contributed by atoms with van der Waals surface area (Å²) in [5, 5.41) is -0.199. The van der Waals surface area contributed by atoms with Crippen LogP contribution in [0.2, 0.25) is 5.02 Å². The Hall–Kier alpha value is -1.38. The topological polar surface area (TPSA) is 66.9 Å². The Labute approximate surface area is 146 Å². The zero-order valence-electron chi connectivity index (χ0n) is 13.5. The van der Waals surface area contributed by atoms with Crippen molar-refractivity contribution in [3.8, 4) is 0 Å². The lowest BCUT2D eigenvalue weighted by molar-refractivity contribution is -0.136. The minimum Gasteiger partial charge on any atom is -0.378 e. The first kappa shape index (κ1) is 19.0. The van der Waals surface area contributed by atoms with Crippen molar-refractivity contribution in [3.63, 3.8) is 0 Å². The second-order valence-corrected chi connectivity index (χ2v) is 7.79. The van der Waals surface area contributed by atoms with Crippen LogP contribution in [-0.2, 0) is 19.6 Å². The highest BCUT2D eigenvalue weighted by Crippen LogP contribution is 2.28. The number of carbonyl (C=O) groups excluding carboxylic acids is 1. The molecule has 1 saturated heterocycles. The summed E-state index contributed by atoms with van der Waals surface area (Å²) in [6.07, 6.45) is 1.29. The highest BCUT2D eigenvalue weighted by molar-refractivity contribution is 7.92. The van der Waals surface area contributed by atoms with Gasteiger partial charge in [-0.25, -0.2) is 12.8 Å². The normalized spacial score (nSPS) is 16.8. The first-order valence-corrected chi connectivity index (χ1v) is 9.79. The largest absolute Gasteiger partial charge is 0.378 e. The molecule has 0 unspecified atom stereocenters. The number of sulfonamides is 1. The van der Waals surface area contributed by atoms with Gasteiger partial charge in [0, 0.05) is 13.1 Å². The van der Waals surface area contributed by atoms with Gasteiger partial charge < -0.3 is 9.64 Å². The maximum absolute atomic E-state index is 13.4. The molecule has 1 aliphatic rings. The van der Waals surface area contributed by atoms with Crippen LogP contribution in [0.5, 0.6) is 0 Å². The summed E-state index contributed by atoms with van der Waals surface area (Å²) < 4.78 is 44.3. The third-order valence-corrected chi connectivity index (χ3v) is 5.26. The highest BCUT2D eigenvalue weighted by atomic mass is 35.5. The first-order chi connectivity index (χ1) is 11.3. The smallest absolute Gasteiger partial charge is 0.246 e. The Morgan fingerprint density at radius 3 is 2.54 bits per heavy atom. The summed E-state index contributed by atoms with van der Waals surface area (Å²) in [4.78, 5) is 14.4. The number of morpholine rings is 1. The minimum atomic E-state index is -3.77. The molecule has 1 fully saturated rings. The highest BCUT2D eigenvalue weighted by Gasteiger charge is 2.35. The monoisotopic (exact) mass is 378 g/mol. The molecular formula is C15H20ClFN2O4S. The van der Waals surface area contributed by atoms with Crippen LogP contribution in [0.3, 0.4) is 0 Å². The van der Waals surface area contributed by atoms with E-state index in [9.17, 15) is 17.6 Å². The van der Waals surface area contributed by atoms with Crippen LogP contribution >= 0.6 is 11.6 Å². The molecule has 0 aromatic heterocycles. The predicted octanol–water partition coefficient (Wildman–Crippen LogP) is 1.88. The van der Waals surface area contributed by atoms with Gasteiger partial charge in [-0.1, -0.05) is 18.5 Å². The lowest BCUT2D eigenvalue weighted by Gasteiger charge is -2.35. The standard InChI is InChI=1S/C15H20ClFN2O4S/c1-3-14(15(20)18-6-8-23-9-7-18)19(24(2,21)22)11-4-5-13(17)12(16)10-11/h4-5,10,14H,3,6-9H2,1-2H3/t14-/m0/s1. The van der Waals surface area contributed by atoms with Gasteiger partial charge >= 0.3 is 0 Å². The van der Waals surface area contributed by atoms with Crippen molar-refractivity contribution < 1.29 is 22.3 Å². The van der Waals surface area contributed by atoms with E-state index in [0.29, 0.717) is 26.3 Å². The molecule has 9 heteroatoms. The summed E-state index contributed by atoms with van der Waals surface area (Å²) >= 11 is 5.78. The van der Waals surface area contributed by atoms with E-state index in [0.717, 1.165) is 16.6 Å². The van der Waals surface area contributed by atoms with E-state index in [1.54, 1.807) is 11.8 Å². The van der Waals surface area contributed by atoms with Gasteiger partial charge in [-0.2, -0.15) is 0 Å². The SMILES string of the molecule is CC[C@@H](C(=O)N1CCOCC1)N(c1ccc(F)c(Cl)c1)S(C)(=O)=O. The van der Waals surface area contributed by atoms with Crippen molar-refractivity contribution in [1.29, 1.82) is 0 Å². The number of nitrogens with zero attached hydrogens (tertiary/aromatic N) is 2. The van der Waals surface area contributed by atoms with E-state index in [2.05, 4.69) is 0 Å². The lowest BCUT2D eigenvalue weighted by Crippen LogP contribution is -2.53. The van der Waals surface area contributed by atoms with Crippen molar-refractivity contribution >= 4 is 33.2 Å². The summed E-state index contributed by atoms with van der Waals surface area (Å²) in [5.74, 6) is -0.951. The van der Waals surface area contributed by atoms with Gasteiger partial charge in [-0.15, -0.1) is 0 Å². The number of halogens is 2. The van der Waals surface area contributed by atoms with Crippen LogP contribution in [0.1, 0.15) is 13.3 Å². The fourth-order valence-electron chi connectivity index (χ4n) is 2.66. The van der Waals surface area contributed by atoms with Crippen molar-refractivity contribution in [1.82, 2.24) is 4.90 Å². The number of rotatable bonds is 5. The molecule has 134 valence electrons. The number of hydrogen-bond donors (Lipinski definition) is 0. The summed E-state index contributed by atoms with van der Waals surface area (Å²) in [6, 6.07) is 2.69. The van der Waals surface area contributed by atoms with E-state index in [1.807, 2.05) is 0 Å². The van der Waals surface area contributed by atoms with Crippen LogP contribution in [0.4, 0.5) is 10.1 Å². The Morgan fingerprint density at radius 2 is 2.04 bits per heavy atom. The van der Waals surface area contributed by atoms with E-state index >= 15 is 0 Å². The number of ether oxygens (including phenoxy) is 1. The Bertz CT molecular complexity index is 707. The molecule has 1 aromatic carbocycles. The lowest BCUT2D eigenvalue weighted by atomic mass is 10.1. The van der Waals surface area contributed by atoms with Crippen LogP contribution in [0.25, 0.3) is 0 Å². The number of amides is 1. The third kappa shape index (κ3) is 4.17. The molecule has 0 spiro atoms. The molecule has 1 amide bonds. The molecular weight excluding hydrogens is 359 g/mol. The molecule has 24 heavy (non-hydrogen) atoms. The average Bonchev–Trinajstić information content (AvgIpc) is 2.54. The summed E-state index contributed by atoms with van der Waals surface area (Å²) in [7, 11) is -3.77. The molecule has 1 aliphatic heterocycles. The zero-order chi connectivity index (χ0) is 17.9. The Kier molecular flexibility index (Phi) is 6.06. The molecule has 1 heterocycles. The van der Waals surface area contributed by atoms with Gasteiger partial charge in [0.15, 0.2) is 0 Å². The maximum atomic E-state index is 13.4. The van der Waals surface area contributed by atoms with Gasteiger partial charge in [0.25, 0.3) is 0 Å².